The largest absolute Gasteiger partial charge is 0.293 e. The molecule has 0 aliphatic heterocycles. The van der Waals surface area contributed by atoms with E-state index < -0.39 is 5.41 Å². The van der Waals surface area contributed by atoms with Crippen molar-refractivity contribution in [1.29, 1.82) is 0 Å². The maximum Gasteiger partial charge on any atom is 0.173 e. The highest BCUT2D eigenvalue weighted by molar-refractivity contribution is 9.13. The Bertz CT molecular complexity index is 702. The van der Waals surface area contributed by atoms with Gasteiger partial charge in [0, 0.05) is 14.5 Å². The van der Waals surface area contributed by atoms with Crippen molar-refractivity contribution >= 4 is 37.6 Å². The minimum atomic E-state index is -0.522. The average Bonchev–Trinajstić information content (AvgIpc) is 2.39. The number of hydrogen-bond acceptors (Lipinski definition) is 1. The Labute approximate surface area is 129 Å². The lowest BCUT2D eigenvalue weighted by molar-refractivity contribution is 0.0906. The molecular weight excluding hydrogens is 368 g/mol. The van der Waals surface area contributed by atoms with E-state index in [1.165, 1.54) is 0 Å². The van der Waals surface area contributed by atoms with E-state index in [9.17, 15) is 4.79 Å². The molecule has 0 radical (unpaired) electrons. The van der Waals surface area contributed by atoms with Crippen LogP contribution >= 0.6 is 31.9 Å². The van der Waals surface area contributed by atoms with Gasteiger partial charge in [0.25, 0.3) is 0 Å². The zero-order valence-electron chi connectivity index (χ0n) is 10.6. The molecule has 0 heterocycles. The summed E-state index contributed by atoms with van der Waals surface area (Å²) in [5.74, 6) is 0.175. The second-order valence-electron chi connectivity index (χ2n) is 5.28. The number of rotatable bonds is 0. The molecule has 96 valence electrons. The lowest BCUT2D eigenvalue weighted by Crippen LogP contribution is -2.33. The molecule has 19 heavy (non-hydrogen) atoms. The van der Waals surface area contributed by atoms with Gasteiger partial charge in [-0.1, -0.05) is 30.3 Å². The third-order valence-corrected chi connectivity index (χ3v) is 5.77. The van der Waals surface area contributed by atoms with Crippen LogP contribution in [0.1, 0.15) is 29.8 Å². The van der Waals surface area contributed by atoms with Gasteiger partial charge in [0.15, 0.2) is 5.78 Å². The van der Waals surface area contributed by atoms with Crippen molar-refractivity contribution in [2.75, 3.05) is 0 Å². The van der Waals surface area contributed by atoms with E-state index in [1.807, 2.05) is 44.2 Å². The Morgan fingerprint density at radius 3 is 2.21 bits per heavy atom. The molecule has 2 aromatic rings. The van der Waals surface area contributed by atoms with E-state index in [-0.39, 0.29) is 5.78 Å². The molecule has 0 N–H and O–H groups in total. The fraction of sp³-hybridized carbons (Fsp3) is 0.188. The van der Waals surface area contributed by atoms with Gasteiger partial charge in [0.1, 0.15) is 0 Å². The predicted octanol–water partition coefficient (Wildman–Crippen LogP) is 5.35. The van der Waals surface area contributed by atoms with Gasteiger partial charge in [-0.2, -0.15) is 0 Å². The minimum Gasteiger partial charge on any atom is -0.293 e. The second-order valence-corrected chi connectivity index (χ2v) is 6.93. The molecule has 1 aliphatic rings. The molecule has 0 saturated heterocycles. The first kappa shape index (κ1) is 13.1. The van der Waals surface area contributed by atoms with Crippen molar-refractivity contribution in [3.63, 3.8) is 0 Å². The van der Waals surface area contributed by atoms with Crippen LogP contribution in [0.15, 0.2) is 45.3 Å². The van der Waals surface area contributed by atoms with Crippen molar-refractivity contribution in [2.45, 2.75) is 19.3 Å². The summed E-state index contributed by atoms with van der Waals surface area (Å²) < 4.78 is 1.95. The van der Waals surface area contributed by atoms with E-state index in [1.54, 1.807) is 0 Å². The molecule has 0 saturated carbocycles. The van der Waals surface area contributed by atoms with Crippen LogP contribution in [0.5, 0.6) is 0 Å². The molecule has 0 spiro atoms. The lowest BCUT2D eigenvalue weighted by atomic mass is 9.69. The molecule has 1 nitrogen and oxygen atoms in total. The van der Waals surface area contributed by atoms with Gasteiger partial charge >= 0.3 is 0 Å². The third-order valence-electron chi connectivity index (χ3n) is 3.75. The van der Waals surface area contributed by atoms with E-state index in [0.29, 0.717) is 0 Å². The van der Waals surface area contributed by atoms with Crippen LogP contribution in [0.2, 0.25) is 0 Å². The fourth-order valence-corrected chi connectivity index (χ4v) is 3.92. The van der Waals surface area contributed by atoms with E-state index >= 15 is 0 Å². The molecule has 0 amide bonds. The Balaban J connectivity index is 2.46. The highest BCUT2D eigenvalue weighted by atomic mass is 79.9. The van der Waals surface area contributed by atoms with Crippen molar-refractivity contribution in [3.8, 4) is 11.1 Å². The first-order valence-corrected chi connectivity index (χ1v) is 7.66. The highest BCUT2D eigenvalue weighted by Crippen LogP contribution is 2.47. The van der Waals surface area contributed by atoms with Crippen LogP contribution < -0.4 is 0 Å². The predicted molar refractivity (Wildman–Crippen MR) is 84.6 cm³/mol. The van der Waals surface area contributed by atoms with Crippen LogP contribution in [0.4, 0.5) is 0 Å². The Morgan fingerprint density at radius 2 is 1.53 bits per heavy atom. The quantitative estimate of drug-likeness (QED) is 0.602. The van der Waals surface area contributed by atoms with Crippen LogP contribution in [0.3, 0.4) is 0 Å². The van der Waals surface area contributed by atoms with Crippen molar-refractivity contribution in [1.82, 2.24) is 0 Å². The topological polar surface area (TPSA) is 17.1 Å². The number of carbonyl (C=O) groups is 1. The van der Waals surface area contributed by atoms with Crippen molar-refractivity contribution in [2.24, 2.45) is 0 Å². The van der Waals surface area contributed by atoms with Gasteiger partial charge in [-0.3, -0.25) is 4.79 Å². The van der Waals surface area contributed by atoms with Crippen molar-refractivity contribution in [3.05, 3.63) is 56.5 Å². The van der Waals surface area contributed by atoms with Gasteiger partial charge in [0.2, 0.25) is 0 Å². The number of ketones is 1. The molecule has 0 unspecified atom stereocenters. The highest BCUT2D eigenvalue weighted by Gasteiger charge is 2.40. The van der Waals surface area contributed by atoms with Gasteiger partial charge in [0.05, 0.1) is 5.41 Å². The number of halogens is 2. The van der Waals surface area contributed by atoms with E-state index in [4.69, 9.17) is 0 Å². The zero-order valence-corrected chi connectivity index (χ0v) is 13.8. The molecule has 3 heteroatoms. The van der Waals surface area contributed by atoms with Crippen LogP contribution in [-0.4, -0.2) is 5.78 Å². The third kappa shape index (κ3) is 1.75. The summed E-state index contributed by atoms with van der Waals surface area (Å²) in [5.41, 5.74) is 3.51. The molecule has 1 aliphatic carbocycles. The SMILES string of the molecule is CC1(C)C(=O)c2ccccc2-c2ccc(Br)c(Br)c21. The summed E-state index contributed by atoms with van der Waals surface area (Å²) in [5, 5.41) is 0. The summed E-state index contributed by atoms with van der Waals surface area (Å²) in [4.78, 5) is 12.7. The van der Waals surface area contributed by atoms with Crippen molar-refractivity contribution < 1.29 is 4.79 Å². The number of hydrogen-bond donors (Lipinski definition) is 0. The van der Waals surface area contributed by atoms with E-state index in [0.717, 1.165) is 31.2 Å². The molecule has 0 aromatic heterocycles. The molecule has 3 rings (SSSR count). The zero-order chi connectivity index (χ0) is 13.8. The fourth-order valence-electron chi connectivity index (χ4n) is 2.75. The summed E-state index contributed by atoms with van der Waals surface area (Å²) in [6, 6.07) is 11.9. The molecule has 0 atom stereocenters. The van der Waals surface area contributed by atoms with Crippen LogP contribution in [-0.2, 0) is 5.41 Å². The number of carbonyl (C=O) groups excluding carboxylic acids is 1. The molecule has 2 aromatic carbocycles. The Hall–Kier alpha value is -0.930. The van der Waals surface area contributed by atoms with Gasteiger partial charge in [-0.15, -0.1) is 0 Å². The maximum absolute atomic E-state index is 12.7. The average molecular weight is 380 g/mol. The summed E-state index contributed by atoms with van der Waals surface area (Å²) >= 11 is 7.15. The van der Waals surface area contributed by atoms with Gasteiger partial charge in [-0.05, 0) is 68.5 Å². The molecule has 0 fully saturated rings. The monoisotopic (exact) mass is 378 g/mol. The standard InChI is InChI=1S/C16H12Br2O/c1-16(2)13-10(7-8-12(17)14(13)18)9-5-3-4-6-11(9)15(16)19/h3-8H,1-2H3. The lowest BCUT2D eigenvalue weighted by Gasteiger charge is -2.33. The smallest absolute Gasteiger partial charge is 0.173 e. The minimum absolute atomic E-state index is 0.175. The van der Waals surface area contributed by atoms with Crippen LogP contribution in [0, 0.1) is 0 Å². The summed E-state index contributed by atoms with van der Waals surface area (Å²) in [7, 11) is 0. The van der Waals surface area contributed by atoms with E-state index in [2.05, 4.69) is 37.9 Å². The molecule has 0 bridgehead atoms. The Kier molecular flexibility index (Phi) is 2.95. The van der Waals surface area contributed by atoms with Gasteiger partial charge in [-0.25, -0.2) is 0 Å². The number of benzene rings is 2. The summed E-state index contributed by atoms with van der Waals surface area (Å²) in [6.07, 6.45) is 0. The van der Waals surface area contributed by atoms with Crippen LogP contribution in [0.25, 0.3) is 11.1 Å². The maximum atomic E-state index is 12.7. The number of fused-ring (bicyclic) bond motifs is 3. The summed E-state index contributed by atoms with van der Waals surface area (Å²) in [6.45, 7) is 3.97. The second kappa shape index (κ2) is 4.29. The molecular formula is C16H12Br2O. The first-order chi connectivity index (χ1) is 8.94. The normalized spacial score (nSPS) is 15.9. The number of Topliss-reactive ketones (excluding diaryl/α,β-unsaturated/α-hetero) is 1. The Morgan fingerprint density at radius 1 is 0.895 bits per heavy atom. The first-order valence-electron chi connectivity index (χ1n) is 6.07. The van der Waals surface area contributed by atoms with Gasteiger partial charge < -0.3 is 0 Å².